The highest BCUT2D eigenvalue weighted by Gasteiger charge is 2.14. The Morgan fingerprint density at radius 3 is 2.89 bits per heavy atom. The summed E-state index contributed by atoms with van der Waals surface area (Å²) in [5, 5.41) is 4.90. The first-order valence-electron chi connectivity index (χ1n) is 5.60. The summed E-state index contributed by atoms with van der Waals surface area (Å²) in [6, 6.07) is 5.07. The number of carbonyl (C=O) groups excluding carboxylic acids is 1. The molecule has 1 atom stereocenters. The van der Waals surface area contributed by atoms with Crippen molar-refractivity contribution in [2.24, 2.45) is 0 Å². The first-order chi connectivity index (χ1) is 8.63. The second kappa shape index (κ2) is 4.91. The van der Waals surface area contributed by atoms with Crippen LogP contribution in [0.1, 0.15) is 6.92 Å². The van der Waals surface area contributed by atoms with Crippen LogP contribution in [0.25, 0.3) is 10.8 Å². The van der Waals surface area contributed by atoms with Gasteiger partial charge in [0.15, 0.2) is 0 Å². The molecule has 0 aliphatic heterocycles. The number of aromatic nitrogens is 1. The Bertz CT molecular complexity index is 583. The van der Waals surface area contributed by atoms with Crippen LogP contribution in [0.2, 0.25) is 0 Å². The Balaban J connectivity index is 2.40. The van der Waals surface area contributed by atoms with E-state index in [1.807, 2.05) is 12.1 Å². The average molecular weight is 245 g/mol. The number of nitrogens with one attached hydrogen (secondary N) is 1. The van der Waals surface area contributed by atoms with Crippen molar-refractivity contribution >= 4 is 28.1 Å². The molecular weight excluding hydrogens is 230 g/mol. The molecule has 0 bridgehead atoms. The molecule has 1 aromatic heterocycles. The highest BCUT2D eigenvalue weighted by Crippen LogP contribution is 2.27. The molecule has 0 fully saturated rings. The second-order valence-corrected chi connectivity index (χ2v) is 4.01. The predicted molar refractivity (Wildman–Crippen MR) is 71.3 cm³/mol. The summed E-state index contributed by atoms with van der Waals surface area (Å²) >= 11 is 0. The number of methoxy groups -OCH3 is 1. The van der Waals surface area contributed by atoms with E-state index in [9.17, 15) is 4.79 Å². The number of fused-ring (bicyclic) bond motifs is 1. The fourth-order valence-electron chi connectivity index (χ4n) is 1.81. The lowest BCUT2D eigenvalue weighted by atomic mass is 10.1. The summed E-state index contributed by atoms with van der Waals surface area (Å²) in [6.07, 6.45) is 3.40. The third-order valence-corrected chi connectivity index (χ3v) is 2.78. The van der Waals surface area contributed by atoms with Crippen LogP contribution < -0.4 is 11.1 Å². The number of hydrogen-bond acceptors (Lipinski definition) is 5. The molecule has 0 radical (unpaired) electrons. The topological polar surface area (TPSA) is 77.2 Å². The minimum Gasteiger partial charge on any atom is -0.467 e. The Morgan fingerprint density at radius 2 is 2.17 bits per heavy atom. The Labute approximate surface area is 105 Å². The van der Waals surface area contributed by atoms with Crippen LogP contribution >= 0.6 is 0 Å². The molecule has 0 aliphatic carbocycles. The van der Waals surface area contributed by atoms with Gasteiger partial charge in [0, 0.05) is 34.5 Å². The van der Waals surface area contributed by atoms with Crippen molar-refractivity contribution in [3.05, 3.63) is 30.6 Å². The number of carbonyl (C=O) groups is 1. The van der Waals surface area contributed by atoms with Crippen molar-refractivity contribution in [1.82, 2.24) is 4.98 Å². The van der Waals surface area contributed by atoms with E-state index in [1.165, 1.54) is 7.11 Å². The highest BCUT2D eigenvalue weighted by atomic mass is 16.5. The second-order valence-electron chi connectivity index (χ2n) is 4.01. The number of pyridine rings is 1. The van der Waals surface area contributed by atoms with Gasteiger partial charge in [-0.15, -0.1) is 0 Å². The highest BCUT2D eigenvalue weighted by molar-refractivity contribution is 6.01. The van der Waals surface area contributed by atoms with E-state index in [1.54, 1.807) is 25.4 Å². The van der Waals surface area contributed by atoms with E-state index in [4.69, 9.17) is 5.73 Å². The molecule has 1 aromatic carbocycles. The Hall–Kier alpha value is -2.30. The van der Waals surface area contributed by atoms with Crippen LogP contribution in [0.4, 0.5) is 11.4 Å². The van der Waals surface area contributed by atoms with Gasteiger partial charge >= 0.3 is 5.97 Å². The lowest BCUT2D eigenvalue weighted by Gasteiger charge is -2.15. The van der Waals surface area contributed by atoms with Gasteiger partial charge in [0.25, 0.3) is 0 Å². The molecule has 18 heavy (non-hydrogen) atoms. The van der Waals surface area contributed by atoms with Crippen LogP contribution in [-0.4, -0.2) is 24.1 Å². The van der Waals surface area contributed by atoms with Gasteiger partial charge in [0.1, 0.15) is 6.04 Å². The fourth-order valence-corrected chi connectivity index (χ4v) is 1.81. The number of esters is 1. The van der Waals surface area contributed by atoms with Gasteiger partial charge < -0.3 is 15.8 Å². The Morgan fingerprint density at radius 1 is 1.39 bits per heavy atom. The minimum atomic E-state index is -0.421. The average Bonchev–Trinajstić information content (AvgIpc) is 2.41. The first-order valence-corrected chi connectivity index (χ1v) is 5.60. The van der Waals surface area contributed by atoms with Gasteiger partial charge in [-0.2, -0.15) is 0 Å². The number of benzene rings is 1. The van der Waals surface area contributed by atoms with E-state index < -0.39 is 6.04 Å². The largest absolute Gasteiger partial charge is 0.467 e. The van der Waals surface area contributed by atoms with Crippen molar-refractivity contribution < 1.29 is 9.53 Å². The number of anilines is 2. The number of rotatable bonds is 3. The van der Waals surface area contributed by atoms with Crippen LogP contribution in [-0.2, 0) is 9.53 Å². The zero-order chi connectivity index (χ0) is 13.1. The summed E-state index contributed by atoms with van der Waals surface area (Å²) < 4.78 is 4.68. The summed E-state index contributed by atoms with van der Waals surface area (Å²) in [5.41, 5.74) is 7.38. The molecule has 0 saturated heterocycles. The van der Waals surface area contributed by atoms with Crippen LogP contribution in [0.5, 0.6) is 0 Å². The lowest BCUT2D eigenvalue weighted by Crippen LogP contribution is -2.27. The lowest BCUT2D eigenvalue weighted by molar-refractivity contribution is -0.141. The van der Waals surface area contributed by atoms with E-state index in [0.29, 0.717) is 5.69 Å². The Kier molecular flexibility index (Phi) is 3.32. The van der Waals surface area contributed by atoms with Gasteiger partial charge in [0.2, 0.25) is 0 Å². The third-order valence-electron chi connectivity index (χ3n) is 2.78. The van der Waals surface area contributed by atoms with Crippen LogP contribution in [0.15, 0.2) is 30.6 Å². The molecule has 1 heterocycles. The number of ether oxygens (including phenoxy) is 1. The number of nitrogens with zero attached hydrogens (tertiary/aromatic N) is 1. The van der Waals surface area contributed by atoms with Gasteiger partial charge in [-0.3, -0.25) is 4.98 Å². The maximum absolute atomic E-state index is 11.4. The summed E-state index contributed by atoms with van der Waals surface area (Å²) in [7, 11) is 1.37. The first kappa shape index (κ1) is 12.2. The molecule has 5 heteroatoms. The molecule has 0 spiro atoms. The smallest absolute Gasteiger partial charge is 0.327 e. The van der Waals surface area contributed by atoms with Crippen molar-refractivity contribution in [3.8, 4) is 0 Å². The minimum absolute atomic E-state index is 0.311. The molecule has 3 N–H and O–H groups in total. The quantitative estimate of drug-likeness (QED) is 0.636. The van der Waals surface area contributed by atoms with Crippen LogP contribution in [0.3, 0.4) is 0 Å². The fraction of sp³-hybridized carbons (Fsp3) is 0.231. The van der Waals surface area contributed by atoms with Crippen molar-refractivity contribution in [2.75, 3.05) is 18.2 Å². The van der Waals surface area contributed by atoms with Crippen molar-refractivity contribution in [1.29, 1.82) is 0 Å². The standard InChI is InChI=1S/C13H15N3O2/c1-8(13(17)18-2)16-12-4-3-11(14)10-7-15-6-5-9(10)12/h3-8,16H,14H2,1-2H3. The molecule has 1 unspecified atom stereocenters. The third kappa shape index (κ3) is 2.20. The van der Waals surface area contributed by atoms with Gasteiger partial charge in [-0.1, -0.05) is 0 Å². The number of nitrogens with two attached hydrogens (primary N) is 1. The molecule has 0 amide bonds. The SMILES string of the molecule is COC(=O)C(C)Nc1ccc(N)c2cnccc12. The summed E-state index contributed by atoms with van der Waals surface area (Å²) in [5.74, 6) is -0.311. The van der Waals surface area contributed by atoms with E-state index in [0.717, 1.165) is 16.5 Å². The molecule has 0 saturated carbocycles. The number of hydrogen-bond donors (Lipinski definition) is 2. The summed E-state index contributed by atoms with van der Waals surface area (Å²) in [4.78, 5) is 15.4. The van der Waals surface area contributed by atoms with Gasteiger partial charge in [-0.05, 0) is 25.1 Å². The molecule has 94 valence electrons. The van der Waals surface area contributed by atoms with E-state index in [-0.39, 0.29) is 5.97 Å². The monoisotopic (exact) mass is 245 g/mol. The zero-order valence-electron chi connectivity index (χ0n) is 10.3. The zero-order valence-corrected chi connectivity index (χ0v) is 10.3. The predicted octanol–water partition coefficient (Wildman–Crippen LogP) is 1.79. The number of nitrogen functional groups attached to an aromatic ring is 1. The molecule has 5 nitrogen and oxygen atoms in total. The summed E-state index contributed by atoms with van der Waals surface area (Å²) in [6.45, 7) is 1.75. The molecule has 2 aromatic rings. The van der Waals surface area contributed by atoms with E-state index in [2.05, 4.69) is 15.0 Å². The van der Waals surface area contributed by atoms with Gasteiger partial charge in [0.05, 0.1) is 7.11 Å². The molecule has 0 aliphatic rings. The van der Waals surface area contributed by atoms with Crippen molar-refractivity contribution in [3.63, 3.8) is 0 Å². The maximum atomic E-state index is 11.4. The maximum Gasteiger partial charge on any atom is 0.327 e. The van der Waals surface area contributed by atoms with Crippen LogP contribution in [0, 0.1) is 0 Å². The normalized spacial score (nSPS) is 12.1. The molecular formula is C13H15N3O2. The molecule has 2 rings (SSSR count). The van der Waals surface area contributed by atoms with E-state index >= 15 is 0 Å². The van der Waals surface area contributed by atoms with Crippen molar-refractivity contribution in [2.45, 2.75) is 13.0 Å². The van der Waals surface area contributed by atoms with Gasteiger partial charge in [-0.25, -0.2) is 4.79 Å².